The normalized spacial score (nSPS) is 23.2. The van der Waals surface area contributed by atoms with E-state index in [0.717, 1.165) is 5.56 Å². The monoisotopic (exact) mass is 803 g/mol. The number of sulfonamides is 1. The number of ether oxygens (including phenoxy) is 3. The van der Waals surface area contributed by atoms with E-state index in [9.17, 15) is 27.6 Å². The first-order chi connectivity index (χ1) is 26.6. The molecule has 2 heterocycles. The van der Waals surface area contributed by atoms with Crippen molar-refractivity contribution < 1.29 is 41.8 Å². The van der Waals surface area contributed by atoms with Crippen LogP contribution in [0.15, 0.2) is 67.3 Å². The molecule has 2 unspecified atom stereocenters. The Morgan fingerprint density at radius 3 is 2.28 bits per heavy atom. The maximum absolute atomic E-state index is 14.7. The minimum atomic E-state index is -4.02. The van der Waals surface area contributed by atoms with Gasteiger partial charge < -0.3 is 29.7 Å². The van der Waals surface area contributed by atoms with Gasteiger partial charge in [-0.15, -0.1) is 6.58 Å². The maximum Gasteiger partial charge on any atom is 0.408 e. The molecule has 2 aliphatic carbocycles. The van der Waals surface area contributed by atoms with E-state index in [0.29, 0.717) is 40.9 Å². The summed E-state index contributed by atoms with van der Waals surface area (Å²) in [4.78, 5) is 62.2. The summed E-state index contributed by atoms with van der Waals surface area (Å²) in [6.07, 6.45) is 0.929. The summed E-state index contributed by atoms with van der Waals surface area (Å²) in [5.74, 6) is -1.59. The van der Waals surface area contributed by atoms with Gasteiger partial charge >= 0.3 is 6.09 Å². The summed E-state index contributed by atoms with van der Waals surface area (Å²) >= 11 is 0. The number of hydrogen-bond donors (Lipinski definition) is 3. The molecule has 1 saturated heterocycles. The second kappa shape index (κ2) is 15.0. The third kappa shape index (κ3) is 8.73. The standard InChI is InChI=1S/C42H53N5O9S/c1-10-26-23-42(26,37(50)46-57(52,53)41(8)18-19-41)45-35(48)32-21-28(24-47(32)36(49)34(39(2,3)4)44-38(51)56-40(5,6)7)55-33-22-30(25-14-12-11-13-15-25)43-31-20-27(54-9)16-17-29(31)33/h10-17,20,22,26,28,32,34H,1,18-19,21,23-24H2,2-9H3,(H,44,51)(H,45,48)(H,46,50)/t26?,28-,32+,34-,42?/m1/s1. The fourth-order valence-corrected chi connectivity index (χ4v) is 8.38. The number of rotatable bonds is 12. The molecule has 4 amide bonds. The molecule has 3 fully saturated rings. The number of nitrogens with zero attached hydrogens (tertiary/aromatic N) is 2. The highest BCUT2D eigenvalue weighted by Gasteiger charge is 2.63. The van der Waals surface area contributed by atoms with Gasteiger partial charge in [-0.05, 0) is 64.5 Å². The zero-order valence-corrected chi connectivity index (χ0v) is 34.6. The molecule has 2 saturated carbocycles. The van der Waals surface area contributed by atoms with Gasteiger partial charge in [-0.3, -0.25) is 19.1 Å². The lowest BCUT2D eigenvalue weighted by Crippen LogP contribution is -2.60. The number of pyridine rings is 1. The van der Waals surface area contributed by atoms with Crippen molar-refractivity contribution in [1.82, 2.24) is 25.2 Å². The molecule has 0 radical (unpaired) electrons. The number of methoxy groups -OCH3 is 1. The highest BCUT2D eigenvalue weighted by atomic mass is 32.2. The zero-order valence-electron chi connectivity index (χ0n) is 33.8. The van der Waals surface area contributed by atoms with Crippen LogP contribution in [-0.2, 0) is 29.1 Å². The summed E-state index contributed by atoms with van der Waals surface area (Å²) in [5, 5.41) is 6.23. The summed E-state index contributed by atoms with van der Waals surface area (Å²) in [6.45, 7) is 15.8. The van der Waals surface area contributed by atoms with Gasteiger partial charge in [0.25, 0.3) is 5.91 Å². The molecule has 15 heteroatoms. The summed E-state index contributed by atoms with van der Waals surface area (Å²) in [5.41, 5.74) is -1.19. The summed E-state index contributed by atoms with van der Waals surface area (Å²) in [7, 11) is -2.45. The van der Waals surface area contributed by atoms with E-state index >= 15 is 0 Å². The quantitative estimate of drug-likeness (QED) is 0.205. The minimum Gasteiger partial charge on any atom is -0.497 e. The molecule has 6 rings (SSSR count). The molecule has 57 heavy (non-hydrogen) atoms. The topological polar surface area (TPSA) is 182 Å². The maximum atomic E-state index is 14.7. The first kappa shape index (κ1) is 41.5. The fourth-order valence-electron chi connectivity index (χ4n) is 7.07. The van der Waals surface area contributed by atoms with E-state index in [-0.39, 0.29) is 19.4 Å². The lowest BCUT2D eigenvalue weighted by molar-refractivity contribution is -0.143. The van der Waals surface area contributed by atoms with Crippen LogP contribution in [-0.4, -0.2) is 89.8 Å². The molecular formula is C42H53N5O9S. The van der Waals surface area contributed by atoms with Gasteiger partial charge in [0.1, 0.15) is 40.8 Å². The molecule has 3 N–H and O–H groups in total. The smallest absolute Gasteiger partial charge is 0.408 e. The van der Waals surface area contributed by atoms with Crippen molar-refractivity contribution in [2.75, 3.05) is 13.7 Å². The highest BCUT2D eigenvalue weighted by Crippen LogP contribution is 2.47. The van der Waals surface area contributed by atoms with Crippen molar-refractivity contribution >= 4 is 44.7 Å². The lowest BCUT2D eigenvalue weighted by atomic mass is 9.85. The number of nitrogens with one attached hydrogen (secondary N) is 3. The number of likely N-dealkylation sites (tertiary alicyclic amines) is 1. The first-order valence-corrected chi connectivity index (χ1v) is 20.6. The summed E-state index contributed by atoms with van der Waals surface area (Å²) in [6, 6.07) is 14.5. The van der Waals surface area contributed by atoms with E-state index in [1.807, 2.05) is 42.5 Å². The van der Waals surface area contributed by atoms with Crippen LogP contribution in [0.3, 0.4) is 0 Å². The number of carbonyl (C=O) groups is 4. The fraction of sp³-hybridized carbons (Fsp3) is 0.500. The number of aromatic nitrogens is 1. The number of amides is 4. The van der Waals surface area contributed by atoms with Crippen LogP contribution < -0.4 is 24.8 Å². The Hall–Kier alpha value is -5.18. The molecule has 0 bridgehead atoms. The van der Waals surface area contributed by atoms with Crippen molar-refractivity contribution in [1.29, 1.82) is 0 Å². The van der Waals surface area contributed by atoms with E-state index < -0.39 is 79.2 Å². The number of hydrogen-bond acceptors (Lipinski definition) is 10. The van der Waals surface area contributed by atoms with Crippen LogP contribution >= 0.6 is 0 Å². The lowest BCUT2D eigenvalue weighted by Gasteiger charge is -2.36. The molecule has 3 aliphatic rings. The van der Waals surface area contributed by atoms with Gasteiger partial charge in [-0.1, -0.05) is 57.2 Å². The van der Waals surface area contributed by atoms with Crippen molar-refractivity contribution in [3.05, 3.63) is 67.3 Å². The van der Waals surface area contributed by atoms with Crippen molar-refractivity contribution in [3.63, 3.8) is 0 Å². The van der Waals surface area contributed by atoms with Crippen molar-refractivity contribution in [2.45, 2.75) is 108 Å². The molecule has 0 spiro atoms. The Labute approximate surface area is 334 Å². The summed E-state index contributed by atoms with van der Waals surface area (Å²) < 4.78 is 45.0. The van der Waals surface area contributed by atoms with Crippen LogP contribution in [0.25, 0.3) is 22.2 Å². The molecule has 2 aromatic carbocycles. The second-order valence-corrected chi connectivity index (χ2v) is 19.8. The second-order valence-electron chi connectivity index (χ2n) is 17.6. The van der Waals surface area contributed by atoms with Gasteiger partial charge in [0, 0.05) is 35.4 Å². The van der Waals surface area contributed by atoms with Crippen molar-refractivity contribution in [3.8, 4) is 22.8 Å². The molecule has 1 aliphatic heterocycles. The van der Waals surface area contributed by atoms with Crippen LogP contribution in [0, 0.1) is 11.3 Å². The van der Waals surface area contributed by atoms with Gasteiger partial charge in [-0.25, -0.2) is 18.2 Å². The number of carbonyl (C=O) groups excluding carboxylic acids is 4. The van der Waals surface area contributed by atoms with Crippen LogP contribution in [0.1, 0.15) is 74.1 Å². The SMILES string of the molecule is C=CC1CC1(NC(=O)[C@@H]1C[C@@H](Oc2cc(-c3ccccc3)nc3cc(OC)ccc23)CN1C(=O)[C@@H](NC(=O)OC(C)(C)C)C(C)(C)C)C(=O)NS(=O)(=O)C1(C)CC1. The molecule has 5 atom stereocenters. The van der Waals surface area contributed by atoms with Gasteiger partial charge in [0.05, 0.1) is 29.6 Å². The van der Waals surface area contributed by atoms with E-state index in [4.69, 9.17) is 19.2 Å². The van der Waals surface area contributed by atoms with E-state index in [2.05, 4.69) is 21.9 Å². The molecule has 1 aromatic heterocycles. The molecule has 3 aromatic rings. The average Bonchev–Trinajstić information content (AvgIpc) is 4.02. The number of benzene rings is 2. The van der Waals surface area contributed by atoms with Gasteiger partial charge in [0.15, 0.2) is 0 Å². The van der Waals surface area contributed by atoms with E-state index in [1.54, 1.807) is 67.7 Å². The van der Waals surface area contributed by atoms with E-state index in [1.165, 1.54) is 11.0 Å². The third-order valence-electron chi connectivity index (χ3n) is 10.8. The van der Waals surface area contributed by atoms with Crippen LogP contribution in [0.2, 0.25) is 0 Å². The predicted molar refractivity (Wildman–Crippen MR) is 215 cm³/mol. The minimum absolute atomic E-state index is 0.00827. The van der Waals surface area contributed by atoms with Crippen LogP contribution in [0.4, 0.5) is 4.79 Å². The highest BCUT2D eigenvalue weighted by molar-refractivity contribution is 7.91. The molecule has 306 valence electrons. The first-order valence-electron chi connectivity index (χ1n) is 19.1. The molecular weight excluding hydrogens is 751 g/mol. The van der Waals surface area contributed by atoms with Crippen molar-refractivity contribution in [2.24, 2.45) is 11.3 Å². The molecule has 14 nitrogen and oxygen atoms in total. The Balaban J connectivity index is 1.35. The Morgan fingerprint density at radius 1 is 1.02 bits per heavy atom. The van der Waals surface area contributed by atoms with Crippen LogP contribution in [0.5, 0.6) is 11.5 Å². The largest absolute Gasteiger partial charge is 0.497 e. The third-order valence-corrected chi connectivity index (χ3v) is 13.0. The Morgan fingerprint density at radius 2 is 1.70 bits per heavy atom. The number of alkyl carbamates (subject to hydrolysis) is 1. The zero-order chi connectivity index (χ0) is 41.7. The van der Waals surface area contributed by atoms with Gasteiger partial charge in [-0.2, -0.15) is 0 Å². The average molecular weight is 804 g/mol. The van der Waals surface area contributed by atoms with Gasteiger partial charge in [0.2, 0.25) is 21.8 Å². The Bertz CT molecular complexity index is 2190. The predicted octanol–water partition coefficient (Wildman–Crippen LogP) is 5.26. The Kier molecular flexibility index (Phi) is 10.9. The number of fused-ring (bicyclic) bond motifs is 1.